The quantitative estimate of drug-likeness (QED) is 0.798. The third-order valence-electron chi connectivity index (χ3n) is 3.76. The zero-order valence-corrected chi connectivity index (χ0v) is 13.9. The van der Waals surface area contributed by atoms with Gasteiger partial charge in [-0.05, 0) is 41.5 Å². The highest BCUT2D eigenvalue weighted by Gasteiger charge is 2.36. The van der Waals surface area contributed by atoms with Gasteiger partial charge in [0.05, 0.1) is 24.9 Å². The summed E-state index contributed by atoms with van der Waals surface area (Å²) in [4.78, 5) is 10.9. The molecule has 7 nitrogen and oxygen atoms in total. The molecule has 1 fully saturated rings. The number of rotatable bonds is 5. The summed E-state index contributed by atoms with van der Waals surface area (Å²) in [7, 11) is -3.86. The number of anilines is 1. The maximum Gasteiger partial charge on any atom is 0.302 e. The molecule has 1 aliphatic rings. The fraction of sp³-hybridized carbons (Fsp3) is 0.312. The van der Waals surface area contributed by atoms with Crippen LogP contribution in [0.2, 0.25) is 0 Å². The minimum atomic E-state index is -3.86. The first-order chi connectivity index (χ1) is 11.4. The summed E-state index contributed by atoms with van der Waals surface area (Å²) >= 11 is 0. The molecule has 1 unspecified atom stereocenters. The zero-order valence-electron chi connectivity index (χ0n) is 13.1. The van der Waals surface area contributed by atoms with Crippen LogP contribution in [0, 0.1) is 0 Å². The number of carbonyl (C=O) groups excluding carboxylic acids is 1. The van der Waals surface area contributed by atoms with Crippen molar-refractivity contribution in [1.29, 1.82) is 0 Å². The van der Waals surface area contributed by atoms with Crippen LogP contribution in [-0.2, 0) is 15.0 Å². The van der Waals surface area contributed by atoms with E-state index in [2.05, 4.69) is 4.72 Å². The second-order valence-electron chi connectivity index (χ2n) is 5.59. The van der Waals surface area contributed by atoms with Gasteiger partial charge < -0.3 is 14.6 Å². The van der Waals surface area contributed by atoms with Crippen molar-refractivity contribution in [2.45, 2.75) is 19.4 Å². The number of hydrogen-bond donors (Lipinski definition) is 2. The number of phenols is 1. The van der Waals surface area contributed by atoms with E-state index in [0.29, 0.717) is 18.6 Å². The largest absolute Gasteiger partial charge is 0.506 e. The molecule has 2 aromatic carbocycles. The highest BCUT2D eigenvalue weighted by molar-refractivity contribution is 7.91. The van der Waals surface area contributed by atoms with Crippen molar-refractivity contribution >= 4 is 33.0 Å². The summed E-state index contributed by atoms with van der Waals surface area (Å²) in [6, 6.07) is 7.64. The number of carbonyl (C=O) groups is 1. The van der Waals surface area contributed by atoms with Gasteiger partial charge in [-0.1, -0.05) is 13.0 Å². The molecule has 128 valence electrons. The number of nitrogens with zero attached hydrogens (tertiary/aromatic N) is 1. The zero-order chi connectivity index (χ0) is 17.3. The van der Waals surface area contributed by atoms with Crippen molar-refractivity contribution in [2.75, 3.05) is 17.5 Å². The summed E-state index contributed by atoms with van der Waals surface area (Å²) in [5.41, 5.74) is 0.131. The molecule has 0 radical (unpaired) electrons. The molecular formula is C16H18N2O5S. The summed E-state index contributed by atoms with van der Waals surface area (Å²) in [6.45, 7) is 2.53. The van der Waals surface area contributed by atoms with Gasteiger partial charge in [-0.2, -0.15) is 13.1 Å². The molecule has 0 amide bonds. The fourth-order valence-electron chi connectivity index (χ4n) is 2.63. The molecule has 2 N–H and O–H groups in total. The monoisotopic (exact) mass is 350 g/mol. The van der Waals surface area contributed by atoms with Gasteiger partial charge in [-0.25, -0.2) is 0 Å². The number of benzene rings is 2. The Labute approximate surface area is 140 Å². The van der Waals surface area contributed by atoms with Crippen LogP contribution in [0.15, 0.2) is 30.3 Å². The van der Waals surface area contributed by atoms with E-state index in [4.69, 9.17) is 4.74 Å². The lowest BCUT2D eigenvalue weighted by Gasteiger charge is -2.18. The van der Waals surface area contributed by atoms with Crippen LogP contribution in [0.5, 0.6) is 11.5 Å². The molecule has 1 atom stereocenters. The van der Waals surface area contributed by atoms with Crippen LogP contribution >= 0.6 is 0 Å². The number of hydrogen-bond acceptors (Lipinski definition) is 5. The Morgan fingerprint density at radius 2 is 2.12 bits per heavy atom. The predicted octanol–water partition coefficient (Wildman–Crippen LogP) is 1.56. The second kappa shape index (κ2) is 6.29. The molecule has 1 saturated heterocycles. The Morgan fingerprint density at radius 1 is 1.33 bits per heavy atom. The Balaban J connectivity index is 2.04. The summed E-state index contributed by atoms with van der Waals surface area (Å²) in [5.74, 6) is 0.510. The van der Waals surface area contributed by atoms with Crippen molar-refractivity contribution in [3.05, 3.63) is 30.3 Å². The molecule has 0 bridgehead atoms. The van der Waals surface area contributed by atoms with Crippen molar-refractivity contribution in [3.63, 3.8) is 0 Å². The number of aldehydes is 1. The van der Waals surface area contributed by atoms with Crippen LogP contribution in [0.1, 0.15) is 13.3 Å². The lowest BCUT2D eigenvalue weighted by Crippen LogP contribution is -2.30. The molecule has 3 rings (SSSR count). The van der Waals surface area contributed by atoms with Crippen molar-refractivity contribution in [3.8, 4) is 11.5 Å². The highest BCUT2D eigenvalue weighted by Crippen LogP contribution is 2.36. The second-order valence-corrected chi connectivity index (χ2v) is 7.22. The summed E-state index contributed by atoms with van der Waals surface area (Å²) in [5, 5.41) is 11.7. The first-order valence-corrected chi connectivity index (χ1v) is 9.03. The number of fused-ring (bicyclic) bond motifs is 1. The SMILES string of the molecule is CCCOc1ccc2cc(O)c(N3CC(C=O)NS3(=O)=O)cc2c1. The van der Waals surface area contributed by atoms with E-state index in [1.807, 2.05) is 6.92 Å². The van der Waals surface area contributed by atoms with Gasteiger partial charge in [0.15, 0.2) is 0 Å². The van der Waals surface area contributed by atoms with E-state index in [0.717, 1.165) is 21.5 Å². The van der Waals surface area contributed by atoms with Gasteiger partial charge in [-0.15, -0.1) is 0 Å². The van der Waals surface area contributed by atoms with Gasteiger partial charge >= 0.3 is 10.2 Å². The molecule has 8 heteroatoms. The minimum absolute atomic E-state index is 0.0586. The molecule has 24 heavy (non-hydrogen) atoms. The third kappa shape index (κ3) is 3.02. The number of aromatic hydroxyl groups is 1. The average Bonchev–Trinajstić information content (AvgIpc) is 2.87. The van der Waals surface area contributed by atoms with E-state index >= 15 is 0 Å². The highest BCUT2D eigenvalue weighted by atomic mass is 32.2. The third-order valence-corrected chi connectivity index (χ3v) is 5.29. The van der Waals surface area contributed by atoms with E-state index in [1.165, 1.54) is 6.07 Å². The van der Waals surface area contributed by atoms with Crippen LogP contribution in [0.3, 0.4) is 0 Å². The molecule has 1 heterocycles. The molecule has 0 aliphatic carbocycles. The summed E-state index contributed by atoms with van der Waals surface area (Å²) < 4.78 is 33.1. The lowest BCUT2D eigenvalue weighted by atomic mass is 10.1. The molecular weight excluding hydrogens is 332 g/mol. The molecule has 1 aliphatic heterocycles. The molecule has 0 aromatic heterocycles. The van der Waals surface area contributed by atoms with Gasteiger partial charge in [0.25, 0.3) is 0 Å². The Hall–Kier alpha value is -2.32. The van der Waals surface area contributed by atoms with Gasteiger partial charge in [0.1, 0.15) is 17.8 Å². The minimum Gasteiger partial charge on any atom is -0.506 e. The lowest BCUT2D eigenvalue weighted by molar-refractivity contribution is -0.108. The van der Waals surface area contributed by atoms with E-state index < -0.39 is 16.3 Å². The van der Waals surface area contributed by atoms with Crippen molar-refractivity contribution in [2.24, 2.45) is 0 Å². The first kappa shape index (κ1) is 16.5. The Bertz CT molecular complexity index is 881. The normalized spacial score (nSPS) is 19.5. The predicted molar refractivity (Wildman–Crippen MR) is 90.7 cm³/mol. The topological polar surface area (TPSA) is 95.9 Å². The van der Waals surface area contributed by atoms with Gasteiger partial charge in [0.2, 0.25) is 0 Å². The maximum absolute atomic E-state index is 12.1. The average molecular weight is 350 g/mol. The van der Waals surface area contributed by atoms with E-state index in [-0.39, 0.29) is 18.0 Å². The van der Waals surface area contributed by atoms with Gasteiger partial charge in [0, 0.05) is 0 Å². The standard InChI is InChI=1S/C16H18N2O5S/c1-2-5-23-14-4-3-11-8-16(20)15(7-12(11)6-14)18-9-13(10-19)17-24(18,21)22/h3-4,6-8,10,13,17,20H,2,5,9H2,1H3. The Kier molecular flexibility index (Phi) is 4.33. The molecule has 2 aromatic rings. The summed E-state index contributed by atoms with van der Waals surface area (Å²) in [6.07, 6.45) is 1.41. The smallest absolute Gasteiger partial charge is 0.302 e. The van der Waals surface area contributed by atoms with Crippen LogP contribution in [0.25, 0.3) is 10.8 Å². The van der Waals surface area contributed by atoms with Gasteiger partial charge in [-0.3, -0.25) is 4.31 Å². The van der Waals surface area contributed by atoms with Crippen molar-refractivity contribution < 1.29 is 23.1 Å². The first-order valence-electron chi connectivity index (χ1n) is 7.59. The van der Waals surface area contributed by atoms with E-state index in [1.54, 1.807) is 24.3 Å². The fourth-order valence-corrected chi connectivity index (χ4v) is 4.03. The maximum atomic E-state index is 12.1. The van der Waals surface area contributed by atoms with E-state index in [9.17, 15) is 18.3 Å². The molecule has 0 spiro atoms. The number of phenolic OH excluding ortho intramolecular Hbond substituents is 1. The number of nitrogens with one attached hydrogen (secondary N) is 1. The number of ether oxygens (including phenoxy) is 1. The molecule has 0 saturated carbocycles. The van der Waals surface area contributed by atoms with Crippen LogP contribution in [-0.4, -0.2) is 39.0 Å². The Morgan fingerprint density at radius 3 is 2.79 bits per heavy atom. The van der Waals surface area contributed by atoms with Crippen LogP contribution < -0.4 is 13.8 Å². The van der Waals surface area contributed by atoms with Crippen molar-refractivity contribution in [1.82, 2.24) is 4.72 Å². The van der Waals surface area contributed by atoms with Crippen LogP contribution in [0.4, 0.5) is 5.69 Å².